The van der Waals surface area contributed by atoms with E-state index in [1.165, 1.54) is 17.4 Å². The number of hydrogen-bond donors (Lipinski definition) is 0. The van der Waals surface area contributed by atoms with E-state index < -0.39 is 10.0 Å². The number of likely N-dealkylation sites (N-methyl/N-ethyl adjacent to an activating group) is 1. The average Bonchev–Trinajstić information content (AvgIpc) is 2.65. The van der Waals surface area contributed by atoms with Gasteiger partial charge in [-0.15, -0.1) is 12.4 Å². The van der Waals surface area contributed by atoms with E-state index >= 15 is 0 Å². The van der Waals surface area contributed by atoms with E-state index in [0.29, 0.717) is 25.0 Å². The van der Waals surface area contributed by atoms with Crippen molar-refractivity contribution in [2.24, 2.45) is 5.92 Å². The van der Waals surface area contributed by atoms with Crippen molar-refractivity contribution in [3.63, 3.8) is 0 Å². The SMILES string of the molecule is CCN(CC1CCN(S(C)(=O)=O)CC1)C(C)Cc1ccc2c(c1)CCCO2.Cl. The molecule has 0 radical (unpaired) electrons. The van der Waals surface area contributed by atoms with Crippen LogP contribution in [-0.2, 0) is 22.9 Å². The van der Waals surface area contributed by atoms with Gasteiger partial charge < -0.3 is 9.64 Å². The second-order valence-electron chi connectivity index (χ2n) is 8.14. The van der Waals surface area contributed by atoms with Crippen LogP contribution < -0.4 is 4.74 Å². The molecule has 1 aromatic carbocycles. The van der Waals surface area contributed by atoms with Gasteiger partial charge in [-0.1, -0.05) is 19.1 Å². The molecule has 0 bridgehead atoms. The number of nitrogens with zero attached hydrogens (tertiary/aromatic N) is 2. The lowest BCUT2D eigenvalue weighted by atomic mass is 9.95. The molecule has 1 fully saturated rings. The molecule has 5 nitrogen and oxygen atoms in total. The quantitative estimate of drug-likeness (QED) is 0.665. The van der Waals surface area contributed by atoms with Crippen molar-refractivity contribution in [1.29, 1.82) is 0 Å². The maximum atomic E-state index is 11.7. The standard InChI is InChI=1S/C21H34N2O3S.ClH/c1-4-22(16-18-9-11-23(12-10-18)27(3,24)25)17(2)14-19-7-8-21-20(15-19)6-5-13-26-21;/h7-8,15,17-18H,4-6,9-14,16H2,1-3H3;1H. The number of ether oxygens (including phenoxy) is 1. The summed E-state index contributed by atoms with van der Waals surface area (Å²) in [6.45, 7) is 8.80. The zero-order chi connectivity index (χ0) is 19.4. The molecule has 1 atom stereocenters. The summed E-state index contributed by atoms with van der Waals surface area (Å²) in [6, 6.07) is 7.14. The first kappa shape index (κ1) is 23.5. The zero-order valence-electron chi connectivity index (χ0n) is 17.4. The van der Waals surface area contributed by atoms with Gasteiger partial charge in [0, 0.05) is 25.7 Å². The van der Waals surface area contributed by atoms with Crippen LogP contribution in [0.4, 0.5) is 0 Å². The molecule has 7 heteroatoms. The summed E-state index contributed by atoms with van der Waals surface area (Å²) in [5.41, 5.74) is 2.74. The van der Waals surface area contributed by atoms with Gasteiger partial charge in [0.15, 0.2) is 0 Å². The Labute approximate surface area is 176 Å². The van der Waals surface area contributed by atoms with Gasteiger partial charge in [0.1, 0.15) is 5.75 Å². The second kappa shape index (κ2) is 10.3. The van der Waals surface area contributed by atoms with Gasteiger partial charge in [-0.3, -0.25) is 0 Å². The van der Waals surface area contributed by atoms with Crippen LogP contribution in [0.5, 0.6) is 5.75 Å². The number of rotatable bonds is 7. The molecule has 160 valence electrons. The summed E-state index contributed by atoms with van der Waals surface area (Å²) in [5.74, 6) is 1.64. The molecule has 0 N–H and O–H groups in total. The van der Waals surface area contributed by atoms with Crippen molar-refractivity contribution in [3.05, 3.63) is 29.3 Å². The molecule has 1 saturated heterocycles. The van der Waals surface area contributed by atoms with E-state index in [1.54, 1.807) is 4.31 Å². The molecule has 2 aliphatic heterocycles. The number of aryl methyl sites for hydroxylation is 1. The minimum absolute atomic E-state index is 0. The van der Waals surface area contributed by atoms with Gasteiger partial charge in [0.05, 0.1) is 12.9 Å². The minimum Gasteiger partial charge on any atom is -0.493 e. The van der Waals surface area contributed by atoms with Gasteiger partial charge in [-0.2, -0.15) is 0 Å². The maximum Gasteiger partial charge on any atom is 0.211 e. The monoisotopic (exact) mass is 430 g/mol. The average molecular weight is 431 g/mol. The molecule has 1 aromatic rings. The Morgan fingerprint density at radius 3 is 2.64 bits per heavy atom. The summed E-state index contributed by atoms with van der Waals surface area (Å²) < 4.78 is 30.7. The number of piperidine rings is 1. The van der Waals surface area contributed by atoms with Gasteiger partial charge >= 0.3 is 0 Å². The molecular weight excluding hydrogens is 396 g/mol. The molecule has 0 amide bonds. The predicted octanol–water partition coefficient (Wildman–Crippen LogP) is 3.36. The summed E-state index contributed by atoms with van der Waals surface area (Å²) in [5, 5.41) is 0. The highest BCUT2D eigenvalue weighted by molar-refractivity contribution is 7.88. The first-order valence-electron chi connectivity index (χ1n) is 10.3. The Hall–Kier alpha value is -0.820. The first-order valence-corrected chi connectivity index (χ1v) is 12.2. The highest BCUT2D eigenvalue weighted by Crippen LogP contribution is 2.27. The summed E-state index contributed by atoms with van der Waals surface area (Å²) in [6.07, 6.45) is 6.52. The molecule has 0 aliphatic carbocycles. The largest absolute Gasteiger partial charge is 0.493 e. The molecule has 0 saturated carbocycles. The van der Waals surface area contributed by atoms with E-state index in [-0.39, 0.29) is 12.4 Å². The van der Waals surface area contributed by atoms with Gasteiger partial charge in [-0.25, -0.2) is 12.7 Å². The summed E-state index contributed by atoms with van der Waals surface area (Å²) >= 11 is 0. The molecule has 0 aromatic heterocycles. The van der Waals surface area contributed by atoms with Crippen molar-refractivity contribution in [3.8, 4) is 5.75 Å². The normalized spacial score (nSPS) is 19.6. The fraction of sp³-hybridized carbons (Fsp3) is 0.714. The summed E-state index contributed by atoms with van der Waals surface area (Å²) in [7, 11) is -3.04. The minimum atomic E-state index is -3.04. The molecule has 2 heterocycles. The fourth-order valence-corrected chi connectivity index (χ4v) is 5.26. The molecule has 2 aliphatic rings. The highest BCUT2D eigenvalue weighted by Gasteiger charge is 2.27. The zero-order valence-corrected chi connectivity index (χ0v) is 19.0. The lowest BCUT2D eigenvalue weighted by molar-refractivity contribution is 0.152. The third-order valence-electron chi connectivity index (χ3n) is 6.07. The molecule has 0 spiro atoms. The smallest absolute Gasteiger partial charge is 0.211 e. The van der Waals surface area contributed by atoms with Crippen LogP contribution in [0.3, 0.4) is 0 Å². The van der Waals surface area contributed by atoms with Crippen LogP contribution in [-0.4, -0.2) is 62.7 Å². The van der Waals surface area contributed by atoms with Crippen molar-refractivity contribution in [2.75, 3.05) is 39.0 Å². The number of halogens is 1. The predicted molar refractivity (Wildman–Crippen MR) is 117 cm³/mol. The number of sulfonamides is 1. The molecule has 28 heavy (non-hydrogen) atoms. The van der Waals surface area contributed by atoms with E-state index in [4.69, 9.17) is 4.74 Å². The highest BCUT2D eigenvalue weighted by atomic mass is 35.5. The number of benzene rings is 1. The molecule has 1 unspecified atom stereocenters. The van der Waals surface area contributed by atoms with Gasteiger partial charge in [0.25, 0.3) is 0 Å². The Morgan fingerprint density at radius 1 is 1.29 bits per heavy atom. The van der Waals surface area contributed by atoms with E-state index in [9.17, 15) is 8.42 Å². The maximum absolute atomic E-state index is 11.7. The van der Waals surface area contributed by atoms with Crippen LogP contribution in [0.1, 0.15) is 44.2 Å². The Kier molecular flexibility index (Phi) is 8.61. The Bertz CT molecular complexity index is 733. The van der Waals surface area contributed by atoms with Crippen molar-refractivity contribution in [2.45, 2.75) is 52.0 Å². The van der Waals surface area contributed by atoms with Crippen LogP contribution in [0.15, 0.2) is 18.2 Å². The van der Waals surface area contributed by atoms with E-state index in [0.717, 1.165) is 57.6 Å². The van der Waals surface area contributed by atoms with Gasteiger partial charge in [0.2, 0.25) is 10.0 Å². The van der Waals surface area contributed by atoms with Crippen LogP contribution in [0.25, 0.3) is 0 Å². The lowest BCUT2D eigenvalue weighted by Crippen LogP contribution is -2.43. The number of fused-ring (bicyclic) bond motifs is 1. The van der Waals surface area contributed by atoms with Crippen LogP contribution in [0, 0.1) is 5.92 Å². The Balaban J connectivity index is 0.00000280. The third-order valence-corrected chi connectivity index (χ3v) is 7.37. The van der Waals surface area contributed by atoms with Crippen molar-refractivity contribution in [1.82, 2.24) is 9.21 Å². The van der Waals surface area contributed by atoms with Crippen molar-refractivity contribution >= 4 is 22.4 Å². The third kappa shape index (κ3) is 6.09. The van der Waals surface area contributed by atoms with E-state index in [1.807, 2.05) is 0 Å². The fourth-order valence-electron chi connectivity index (χ4n) is 4.39. The second-order valence-corrected chi connectivity index (χ2v) is 10.1. The first-order chi connectivity index (χ1) is 12.9. The number of hydrogen-bond acceptors (Lipinski definition) is 4. The van der Waals surface area contributed by atoms with Gasteiger partial charge in [-0.05, 0) is 68.7 Å². The van der Waals surface area contributed by atoms with Crippen LogP contribution >= 0.6 is 12.4 Å². The lowest BCUT2D eigenvalue weighted by Gasteiger charge is -2.36. The summed E-state index contributed by atoms with van der Waals surface area (Å²) in [4.78, 5) is 2.55. The molecular formula is C21H35ClN2O3S. The molecule has 3 rings (SSSR count). The van der Waals surface area contributed by atoms with E-state index in [2.05, 4.69) is 36.9 Å². The van der Waals surface area contributed by atoms with Crippen molar-refractivity contribution < 1.29 is 13.2 Å². The van der Waals surface area contributed by atoms with Crippen LogP contribution in [0.2, 0.25) is 0 Å². The Morgan fingerprint density at radius 2 is 2.00 bits per heavy atom. The topological polar surface area (TPSA) is 49.9 Å².